The maximum atomic E-state index is 11.6. The van der Waals surface area contributed by atoms with Gasteiger partial charge in [-0.15, -0.1) is 0 Å². The minimum atomic E-state index is -0.672. The van der Waals surface area contributed by atoms with Crippen LogP contribution in [0.1, 0.15) is 41.5 Å². The van der Waals surface area contributed by atoms with Crippen molar-refractivity contribution in [3.8, 4) is 0 Å². The van der Waals surface area contributed by atoms with Gasteiger partial charge in [-0.1, -0.05) is 20.8 Å². The lowest BCUT2D eigenvalue weighted by Gasteiger charge is -2.36. The van der Waals surface area contributed by atoms with Crippen LogP contribution in [-0.2, 0) is 4.79 Å². The number of hydrogen-bond donors (Lipinski definition) is 2. The Morgan fingerprint density at radius 1 is 1.24 bits per heavy atom. The SMILES string of the molecule is CC(C)NC(C)(CN(C)CC(C)(C)C)C(N)=O. The summed E-state index contributed by atoms with van der Waals surface area (Å²) in [6.45, 7) is 14.0. The van der Waals surface area contributed by atoms with Crippen molar-refractivity contribution >= 4 is 5.91 Å². The molecular weight excluding hydrogens is 214 g/mol. The Labute approximate surface area is 106 Å². The average Bonchev–Trinajstić information content (AvgIpc) is 1.96. The van der Waals surface area contributed by atoms with Gasteiger partial charge in [0.15, 0.2) is 0 Å². The Morgan fingerprint density at radius 2 is 1.71 bits per heavy atom. The third kappa shape index (κ3) is 6.64. The van der Waals surface area contributed by atoms with E-state index < -0.39 is 5.54 Å². The minimum absolute atomic E-state index is 0.213. The molecule has 0 spiro atoms. The van der Waals surface area contributed by atoms with Gasteiger partial charge in [0.1, 0.15) is 5.54 Å². The van der Waals surface area contributed by atoms with Gasteiger partial charge < -0.3 is 16.0 Å². The Bertz CT molecular complexity index is 258. The molecule has 1 unspecified atom stereocenters. The molecule has 0 bridgehead atoms. The Hall–Kier alpha value is -0.610. The highest BCUT2D eigenvalue weighted by molar-refractivity contribution is 5.84. The van der Waals surface area contributed by atoms with Gasteiger partial charge >= 0.3 is 0 Å². The Morgan fingerprint density at radius 3 is 2.00 bits per heavy atom. The zero-order chi connectivity index (χ0) is 13.9. The van der Waals surface area contributed by atoms with Gasteiger partial charge in [-0.05, 0) is 33.2 Å². The molecule has 0 aliphatic heterocycles. The molecule has 102 valence electrons. The van der Waals surface area contributed by atoms with Crippen LogP contribution in [0.3, 0.4) is 0 Å². The van der Waals surface area contributed by atoms with E-state index in [1.54, 1.807) is 0 Å². The molecule has 0 saturated carbocycles. The summed E-state index contributed by atoms with van der Waals surface area (Å²) in [4.78, 5) is 13.7. The molecule has 0 aromatic rings. The first-order valence-corrected chi connectivity index (χ1v) is 6.22. The summed E-state index contributed by atoms with van der Waals surface area (Å²) < 4.78 is 0. The fourth-order valence-corrected chi connectivity index (χ4v) is 2.24. The largest absolute Gasteiger partial charge is 0.368 e. The van der Waals surface area contributed by atoms with Crippen LogP contribution in [0, 0.1) is 5.41 Å². The minimum Gasteiger partial charge on any atom is -0.368 e. The third-order valence-corrected chi connectivity index (χ3v) is 2.48. The van der Waals surface area contributed by atoms with Crippen LogP contribution < -0.4 is 11.1 Å². The predicted octanol–water partition coefficient (Wildman–Crippen LogP) is 1.21. The van der Waals surface area contributed by atoms with Crippen molar-refractivity contribution in [3.05, 3.63) is 0 Å². The highest BCUT2D eigenvalue weighted by atomic mass is 16.1. The lowest BCUT2D eigenvalue weighted by molar-refractivity contribution is -0.124. The summed E-state index contributed by atoms with van der Waals surface area (Å²) in [6.07, 6.45) is 0. The second kappa shape index (κ2) is 5.83. The van der Waals surface area contributed by atoms with Crippen LogP contribution in [0.25, 0.3) is 0 Å². The highest BCUT2D eigenvalue weighted by Crippen LogP contribution is 2.16. The number of likely N-dealkylation sites (N-methyl/N-ethyl adjacent to an activating group) is 1. The van der Waals surface area contributed by atoms with Crippen molar-refractivity contribution in [1.82, 2.24) is 10.2 Å². The molecule has 0 saturated heterocycles. The third-order valence-electron chi connectivity index (χ3n) is 2.48. The van der Waals surface area contributed by atoms with E-state index in [1.807, 2.05) is 27.8 Å². The van der Waals surface area contributed by atoms with Gasteiger partial charge in [0.2, 0.25) is 5.91 Å². The van der Waals surface area contributed by atoms with Gasteiger partial charge in [-0.2, -0.15) is 0 Å². The van der Waals surface area contributed by atoms with E-state index in [1.165, 1.54) is 0 Å². The van der Waals surface area contributed by atoms with Gasteiger partial charge in [0.25, 0.3) is 0 Å². The van der Waals surface area contributed by atoms with Crippen molar-refractivity contribution in [3.63, 3.8) is 0 Å². The van der Waals surface area contributed by atoms with Gasteiger partial charge in [-0.25, -0.2) is 0 Å². The molecule has 0 aliphatic rings. The number of amides is 1. The first-order chi connectivity index (χ1) is 7.46. The van der Waals surface area contributed by atoms with E-state index in [9.17, 15) is 4.79 Å². The summed E-state index contributed by atoms with van der Waals surface area (Å²) in [5.41, 5.74) is 5.04. The molecule has 0 aromatic carbocycles. The summed E-state index contributed by atoms with van der Waals surface area (Å²) >= 11 is 0. The molecular formula is C13H29N3O. The Kier molecular flexibility index (Phi) is 5.62. The van der Waals surface area contributed by atoms with Crippen LogP contribution in [0.5, 0.6) is 0 Å². The lowest BCUT2D eigenvalue weighted by Crippen LogP contribution is -2.61. The summed E-state index contributed by atoms with van der Waals surface area (Å²) in [5.74, 6) is -0.299. The standard InChI is InChI=1S/C13H29N3O/c1-10(2)15-13(6,11(14)17)9-16(7)8-12(3,4)5/h10,15H,8-9H2,1-7H3,(H2,14,17). The van der Waals surface area contributed by atoms with Crippen LogP contribution in [0.2, 0.25) is 0 Å². The van der Waals surface area contributed by atoms with Crippen molar-refractivity contribution < 1.29 is 4.79 Å². The van der Waals surface area contributed by atoms with E-state index in [4.69, 9.17) is 5.73 Å². The van der Waals surface area contributed by atoms with Gasteiger partial charge in [0.05, 0.1) is 0 Å². The fourth-order valence-electron chi connectivity index (χ4n) is 2.24. The maximum absolute atomic E-state index is 11.6. The molecule has 1 atom stereocenters. The highest BCUT2D eigenvalue weighted by Gasteiger charge is 2.33. The number of rotatable bonds is 6. The lowest BCUT2D eigenvalue weighted by atomic mass is 9.94. The number of nitrogens with two attached hydrogens (primary N) is 1. The summed E-state index contributed by atoms with van der Waals surface area (Å²) in [5, 5.41) is 3.26. The van der Waals surface area contributed by atoms with Crippen LogP contribution in [0.4, 0.5) is 0 Å². The number of primary amides is 1. The molecule has 3 N–H and O–H groups in total. The quantitative estimate of drug-likeness (QED) is 0.737. The van der Waals surface area contributed by atoms with Gasteiger partial charge in [-0.3, -0.25) is 4.79 Å². The van der Waals surface area contributed by atoms with Gasteiger partial charge in [0, 0.05) is 19.1 Å². The normalized spacial score (nSPS) is 16.3. The summed E-state index contributed by atoms with van der Waals surface area (Å²) in [6, 6.07) is 0.232. The van der Waals surface area contributed by atoms with E-state index in [-0.39, 0.29) is 17.4 Å². The molecule has 0 heterocycles. The van der Waals surface area contributed by atoms with Crippen LogP contribution in [-0.4, -0.2) is 42.5 Å². The molecule has 17 heavy (non-hydrogen) atoms. The topological polar surface area (TPSA) is 58.4 Å². The first kappa shape index (κ1) is 16.4. The molecule has 4 nitrogen and oxygen atoms in total. The van der Waals surface area contributed by atoms with Crippen molar-refractivity contribution in [2.24, 2.45) is 11.1 Å². The Balaban J connectivity index is 4.60. The van der Waals surface area contributed by atoms with Crippen LogP contribution in [0.15, 0.2) is 0 Å². The zero-order valence-electron chi connectivity index (χ0n) is 12.4. The average molecular weight is 243 g/mol. The molecule has 0 rings (SSSR count). The van der Waals surface area contributed by atoms with E-state index in [2.05, 4.69) is 31.0 Å². The molecule has 4 heteroatoms. The monoisotopic (exact) mass is 243 g/mol. The number of carbonyl (C=O) groups is 1. The van der Waals surface area contributed by atoms with E-state index >= 15 is 0 Å². The zero-order valence-corrected chi connectivity index (χ0v) is 12.4. The smallest absolute Gasteiger partial charge is 0.238 e. The fraction of sp³-hybridized carbons (Fsp3) is 0.923. The molecule has 0 aliphatic carbocycles. The number of carbonyl (C=O) groups excluding carboxylic acids is 1. The van der Waals surface area contributed by atoms with Crippen molar-refractivity contribution in [2.45, 2.75) is 53.1 Å². The molecule has 1 amide bonds. The number of nitrogens with zero attached hydrogens (tertiary/aromatic N) is 1. The van der Waals surface area contributed by atoms with Crippen molar-refractivity contribution in [1.29, 1.82) is 0 Å². The maximum Gasteiger partial charge on any atom is 0.238 e. The molecule has 0 aromatic heterocycles. The molecule has 0 radical (unpaired) electrons. The van der Waals surface area contributed by atoms with E-state index in [0.29, 0.717) is 6.54 Å². The summed E-state index contributed by atoms with van der Waals surface area (Å²) in [7, 11) is 2.02. The number of hydrogen-bond acceptors (Lipinski definition) is 3. The van der Waals surface area contributed by atoms with E-state index in [0.717, 1.165) is 6.54 Å². The second-order valence-electron chi connectivity index (χ2n) is 6.73. The second-order valence-corrected chi connectivity index (χ2v) is 6.73. The molecule has 0 fully saturated rings. The van der Waals surface area contributed by atoms with Crippen LogP contribution >= 0.6 is 0 Å². The predicted molar refractivity (Wildman–Crippen MR) is 72.8 cm³/mol. The van der Waals surface area contributed by atoms with Crippen molar-refractivity contribution in [2.75, 3.05) is 20.1 Å². The number of nitrogens with one attached hydrogen (secondary N) is 1. The first-order valence-electron chi connectivity index (χ1n) is 6.22.